The third-order valence-corrected chi connectivity index (χ3v) is 4.74. The average Bonchev–Trinajstić information content (AvgIpc) is 3.32. The number of H-pyrrole nitrogens is 2. The number of halogens is 1. The largest absolute Gasteiger partial charge is 0.340 e. The average molecular weight is 341 g/mol. The third kappa shape index (κ3) is 2.79. The van der Waals surface area contributed by atoms with E-state index < -0.39 is 0 Å². The Balaban J connectivity index is 1.65. The van der Waals surface area contributed by atoms with Crippen LogP contribution < -0.4 is 0 Å². The van der Waals surface area contributed by atoms with E-state index in [-0.39, 0.29) is 17.8 Å². The molecule has 1 amide bonds. The zero-order chi connectivity index (χ0) is 17.4. The summed E-state index contributed by atoms with van der Waals surface area (Å²) in [5, 5.41) is 6.97. The minimum Gasteiger partial charge on any atom is -0.340 e. The SMILES string of the molecule is CCCc1[nH]ncc1C(=O)N1CCC[C@H]1c1nc2ccc(F)cc2[nH]1. The molecule has 1 fully saturated rings. The number of nitrogens with one attached hydrogen (secondary N) is 2. The van der Waals surface area contributed by atoms with Crippen molar-refractivity contribution in [3.8, 4) is 0 Å². The summed E-state index contributed by atoms with van der Waals surface area (Å²) >= 11 is 0. The molecule has 3 aromatic rings. The van der Waals surface area contributed by atoms with Gasteiger partial charge in [0.25, 0.3) is 5.91 Å². The first-order valence-corrected chi connectivity index (χ1v) is 8.65. The highest BCUT2D eigenvalue weighted by Crippen LogP contribution is 2.33. The molecule has 2 aromatic heterocycles. The Bertz CT molecular complexity index is 915. The number of carbonyl (C=O) groups is 1. The fourth-order valence-corrected chi connectivity index (χ4v) is 3.55. The third-order valence-electron chi connectivity index (χ3n) is 4.74. The summed E-state index contributed by atoms with van der Waals surface area (Å²) in [5.74, 6) is 0.392. The number of carbonyl (C=O) groups excluding carboxylic acids is 1. The van der Waals surface area contributed by atoms with Crippen LogP contribution in [0, 0.1) is 5.82 Å². The zero-order valence-corrected chi connectivity index (χ0v) is 14.1. The van der Waals surface area contributed by atoms with Gasteiger partial charge < -0.3 is 9.88 Å². The lowest BCUT2D eigenvalue weighted by atomic mass is 10.1. The summed E-state index contributed by atoms with van der Waals surface area (Å²) < 4.78 is 13.4. The van der Waals surface area contributed by atoms with Gasteiger partial charge in [0, 0.05) is 12.2 Å². The first-order chi connectivity index (χ1) is 12.2. The molecule has 2 N–H and O–H groups in total. The van der Waals surface area contributed by atoms with Crippen molar-refractivity contribution in [2.24, 2.45) is 0 Å². The van der Waals surface area contributed by atoms with E-state index in [1.54, 1.807) is 12.3 Å². The molecule has 1 aromatic carbocycles. The second kappa shape index (κ2) is 6.31. The van der Waals surface area contributed by atoms with Crippen LogP contribution in [0.15, 0.2) is 24.4 Å². The van der Waals surface area contributed by atoms with Crippen LogP contribution in [0.3, 0.4) is 0 Å². The molecule has 25 heavy (non-hydrogen) atoms. The van der Waals surface area contributed by atoms with E-state index in [2.05, 4.69) is 27.1 Å². The van der Waals surface area contributed by atoms with Gasteiger partial charge in [-0.3, -0.25) is 9.89 Å². The zero-order valence-electron chi connectivity index (χ0n) is 14.1. The summed E-state index contributed by atoms with van der Waals surface area (Å²) in [7, 11) is 0. The number of aromatic amines is 2. The summed E-state index contributed by atoms with van der Waals surface area (Å²) in [6.45, 7) is 2.76. The van der Waals surface area contributed by atoms with Crippen molar-refractivity contribution in [1.82, 2.24) is 25.1 Å². The molecule has 0 unspecified atom stereocenters. The molecule has 7 heteroatoms. The second-order valence-electron chi connectivity index (χ2n) is 6.45. The summed E-state index contributed by atoms with van der Waals surface area (Å²) in [5.41, 5.74) is 2.88. The maximum Gasteiger partial charge on any atom is 0.257 e. The van der Waals surface area contributed by atoms with E-state index >= 15 is 0 Å². The number of aryl methyl sites for hydroxylation is 1. The number of aromatic nitrogens is 4. The number of hydrogen-bond acceptors (Lipinski definition) is 3. The minimum absolute atomic E-state index is 0.0219. The van der Waals surface area contributed by atoms with Gasteiger partial charge in [0.1, 0.15) is 11.6 Å². The van der Waals surface area contributed by atoms with Gasteiger partial charge in [0.05, 0.1) is 28.8 Å². The molecule has 0 saturated carbocycles. The topological polar surface area (TPSA) is 77.7 Å². The Morgan fingerprint density at radius 3 is 3.16 bits per heavy atom. The van der Waals surface area contributed by atoms with Gasteiger partial charge >= 0.3 is 0 Å². The molecule has 6 nitrogen and oxygen atoms in total. The van der Waals surface area contributed by atoms with Crippen LogP contribution in [-0.2, 0) is 6.42 Å². The molecular formula is C18H20FN5O. The maximum atomic E-state index is 13.4. The van der Waals surface area contributed by atoms with Crippen molar-refractivity contribution in [3.05, 3.63) is 47.3 Å². The van der Waals surface area contributed by atoms with Crippen molar-refractivity contribution in [1.29, 1.82) is 0 Å². The highest BCUT2D eigenvalue weighted by atomic mass is 19.1. The van der Waals surface area contributed by atoms with Crippen molar-refractivity contribution in [2.45, 2.75) is 38.6 Å². The minimum atomic E-state index is -0.301. The lowest BCUT2D eigenvalue weighted by Gasteiger charge is -2.23. The molecule has 0 radical (unpaired) electrons. The molecule has 1 aliphatic rings. The lowest BCUT2D eigenvalue weighted by Crippen LogP contribution is -2.31. The van der Waals surface area contributed by atoms with Gasteiger partial charge in [-0.15, -0.1) is 0 Å². The molecule has 0 aliphatic carbocycles. The Labute approximate surface area is 144 Å². The van der Waals surface area contributed by atoms with Gasteiger partial charge in [0.15, 0.2) is 0 Å². The molecule has 0 spiro atoms. The summed E-state index contributed by atoms with van der Waals surface area (Å²) in [6.07, 6.45) is 5.11. The van der Waals surface area contributed by atoms with Gasteiger partial charge in [-0.25, -0.2) is 9.37 Å². The number of imidazole rings is 1. The molecular weight excluding hydrogens is 321 g/mol. The quantitative estimate of drug-likeness (QED) is 0.764. The van der Waals surface area contributed by atoms with Gasteiger partial charge in [-0.1, -0.05) is 13.3 Å². The van der Waals surface area contributed by atoms with Crippen LogP contribution >= 0.6 is 0 Å². The van der Waals surface area contributed by atoms with E-state index in [1.165, 1.54) is 12.1 Å². The van der Waals surface area contributed by atoms with Crippen LogP contribution in [0.5, 0.6) is 0 Å². The number of benzene rings is 1. The van der Waals surface area contributed by atoms with Crippen LogP contribution in [0.25, 0.3) is 11.0 Å². The first kappa shape index (κ1) is 15.8. The number of rotatable bonds is 4. The lowest BCUT2D eigenvalue weighted by molar-refractivity contribution is 0.0729. The van der Waals surface area contributed by atoms with Gasteiger partial charge in [-0.05, 0) is 37.5 Å². The molecule has 1 aliphatic heterocycles. The van der Waals surface area contributed by atoms with Gasteiger partial charge in [0.2, 0.25) is 0 Å². The Hall–Kier alpha value is -2.70. The van der Waals surface area contributed by atoms with E-state index in [4.69, 9.17) is 0 Å². The summed E-state index contributed by atoms with van der Waals surface area (Å²) in [4.78, 5) is 22.6. The Morgan fingerprint density at radius 1 is 1.44 bits per heavy atom. The number of hydrogen-bond donors (Lipinski definition) is 2. The monoisotopic (exact) mass is 341 g/mol. The van der Waals surface area contributed by atoms with E-state index in [0.717, 1.165) is 31.4 Å². The summed E-state index contributed by atoms with van der Waals surface area (Å²) in [6, 6.07) is 4.36. The molecule has 4 rings (SSSR count). The van der Waals surface area contributed by atoms with Crippen LogP contribution in [0.1, 0.15) is 54.1 Å². The van der Waals surface area contributed by atoms with Gasteiger partial charge in [-0.2, -0.15) is 5.10 Å². The molecule has 0 bridgehead atoms. The maximum absolute atomic E-state index is 13.4. The van der Waals surface area contributed by atoms with Crippen molar-refractivity contribution in [3.63, 3.8) is 0 Å². The molecule has 3 heterocycles. The predicted molar refractivity (Wildman–Crippen MR) is 91.6 cm³/mol. The smallest absolute Gasteiger partial charge is 0.257 e. The van der Waals surface area contributed by atoms with E-state index in [9.17, 15) is 9.18 Å². The number of fused-ring (bicyclic) bond motifs is 1. The molecule has 1 saturated heterocycles. The molecule has 130 valence electrons. The van der Waals surface area contributed by atoms with Crippen molar-refractivity contribution < 1.29 is 9.18 Å². The van der Waals surface area contributed by atoms with Crippen molar-refractivity contribution in [2.75, 3.05) is 6.54 Å². The number of amides is 1. The number of nitrogens with zero attached hydrogens (tertiary/aromatic N) is 3. The van der Waals surface area contributed by atoms with Crippen molar-refractivity contribution >= 4 is 16.9 Å². The van der Waals surface area contributed by atoms with Crippen LogP contribution in [0.4, 0.5) is 4.39 Å². The number of likely N-dealkylation sites (tertiary alicyclic amines) is 1. The predicted octanol–water partition coefficient (Wildman–Crippen LogP) is 3.35. The van der Waals surface area contributed by atoms with Crippen LogP contribution in [0.2, 0.25) is 0 Å². The second-order valence-corrected chi connectivity index (χ2v) is 6.45. The highest BCUT2D eigenvalue weighted by molar-refractivity contribution is 5.95. The fourth-order valence-electron chi connectivity index (χ4n) is 3.55. The Kier molecular flexibility index (Phi) is 3.99. The normalized spacial score (nSPS) is 17.5. The standard InChI is InChI=1S/C18H20FN5O/c1-2-4-13-12(10-20-23-13)18(25)24-8-3-5-16(24)17-21-14-7-6-11(19)9-15(14)22-17/h6-7,9-10,16H,2-5,8H2,1H3,(H,20,23)(H,21,22)/t16-/m0/s1. The molecule has 1 atom stereocenters. The van der Waals surface area contributed by atoms with E-state index in [0.29, 0.717) is 29.0 Å². The highest BCUT2D eigenvalue weighted by Gasteiger charge is 2.34. The first-order valence-electron chi connectivity index (χ1n) is 8.65. The van der Waals surface area contributed by atoms with Crippen LogP contribution in [-0.4, -0.2) is 37.5 Å². The van der Waals surface area contributed by atoms with E-state index in [1.807, 2.05) is 4.90 Å². The Morgan fingerprint density at radius 2 is 2.32 bits per heavy atom. The fraction of sp³-hybridized carbons (Fsp3) is 0.389.